The fourth-order valence-electron chi connectivity index (χ4n) is 9.89. The second-order valence-electron chi connectivity index (χ2n) is 25.0. The molecule has 0 saturated carbocycles. The van der Waals surface area contributed by atoms with E-state index in [0.717, 1.165) is 128 Å². The zero-order valence-corrected chi connectivity index (χ0v) is 58.1. The number of allylic oxidation sites excluding steroid dienone is 19. The van der Waals surface area contributed by atoms with Crippen LogP contribution in [0.2, 0.25) is 0 Å². The van der Waals surface area contributed by atoms with E-state index in [9.17, 15) is 19.0 Å². The van der Waals surface area contributed by atoms with Gasteiger partial charge < -0.3 is 19.4 Å². The van der Waals surface area contributed by atoms with Crippen molar-refractivity contribution in [2.75, 3.05) is 40.9 Å². The summed E-state index contributed by atoms with van der Waals surface area (Å²) in [5.41, 5.74) is 0. The standard InChI is InChI=1S/C77H135N2O7P/c1-7-10-13-16-19-22-25-28-30-32-34-36-37-38-39-40-41-43-45-47-49-52-55-58-61-64-67-70-77(81)86-75(68-65-62-59-56-53-50-27-24-21-18-15-12-9-3)74(73-85-87(82,83)84-72-71-79(4,5)6)78-76(80)69-66-63-60-57-54-51-48-46-44-42-35-33-31-29-26-23-20-17-14-11-8-2/h11,14,19-20,22-23,28-31,34-36,38-39,42,46,48,65,68,74-75H,7-10,12-13,15-18,21,24-27,32-33,37,40-41,43-45,47,49-64,66-67,69-73H2,1-6H3,(H-,78,80,82,83)/p+1/b14-11-,22-19-,23-20-,30-28-,31-29-,36-34-,39-38-,42-35-,48-46-,68-65-. The lowest BCUT2D eigenvalue weighted by atomic mass is 10.0. The molecule has 500 valence electrons. The second-order valence-corrected chi connectivity index (χ2v) is 26.5. The third-order valence-corrected chi connectivity index (χ3v) is 16.4. The lowest BCUT2D eigenvalue weighted by Gasteiger charge is -2.27. The van der Waals surface area contributed by atoms with Crippen LogP contribution in [0.1, 0.15) is 303 Å². The average molecular weight is 1230 g/mol. The highest BCUT2D eigenvalue weighted by Gasteiger charge is 2.30. The van der Waals surface area contributed by atoms with Crippen molar-refractivity contribution in [3.05, 3.63) is 122 Å². The van der Waals surface area contributed by atoms with E-state index in [4.69, 9.17) is 13.8 Å². The predicted octanol–water partition coefficient (Wildman–Crippen LogP) is 23.0. The molecule has 10 heteroatoms. The van der Waals surface area contributed by atoms with E-state index in [1.165, 1.54) is 141 Å². The monoisotopic (exact) mass is 1230 g/mol. The van der Waals surface area contributed by atoms with Gasteiger partial charge in [0.05, 0.1) is 33.8 Å². The summed E-state index contributed by atoms with van der Waals surface area (Å²) in [5, 5.41) is 3.06. The molecule has 2 N–H and O–H groups in total. The summed E-state index contributed by atoms with van der Waals surface area (Å²) in [6.07, 6.45) is 92.0. The van der Waals surface area contributed by atoms with Gasteiger partial charge in [-0.2, -0.15) is 0 Å². The second kappa shape index (κ2) is 65.4. The molecule has 0 aliphatic carbocycles. The van der Waals surface area contributed by atoms with Crippen molar-refractivity contribution < 1.29 is 37.3 Å². The Balaban J connectivity index is 5.14. The van der Waals surface area contributed by atoms with Crippen molar-refractivity contribution in [2.45, 2.75) is 315 Å². The molecule has 0 saturated heterocycles. The van der Waals surface area contributed by atoms with Crippen molar-refractivity contribution in [3.63, 3.8) is 0 Å². The highest BCUT2D eigenvalue weighted by molar-refractivity contribution is 7.47. The fraction of sp³-hybridized carbons (Fsp3) is 0.714. The highest BCUT2D eigenvalue weighted by Crippen LogP contribution is 2.43. The molecule has 0 heterocycles. The molecule has 3 atom stereocenters. The van der Waals surface area contributed by atoms with E-state index in [1.54, 1.807) is 0 Å². The van der Waals surface area contributed by atoms with Gasteiger partial charge in [-0.05, 0) is 122 Å². The fourth-order valence-corrected chi connectivity index (χ4v) is 10.6. The number of carbonyl (C=O) groups excluding carboxylic acids is 2. The topological polar surface area (TPSA) is 111 Å². The summed E-state index contributed by atoms with van der Waals surface area (Å²) in [7, 11) is 1.47. The van der Waals surface area contributed by atoms with Crippen LogP contribution in [0.4, 0.5) is 0 Å². The molecule has 0 aromatic rings. The van der Waals surface area contributed by atoms with Gasteiger partial charge >= 0.3 is 13.8 Å². The normalized spacial score (nSPS) is 14.2. The van der Waals surface area contributed by atoms with Gasteiger partial charge in [-0.3, -0.25) is 18.6 Å². The molecular weight excluding hydrogens is 1100 g/mol. The number of nitrogens with zero attached hydrogens (tertiary/aromatic N) is 1. The number of hydrogen-bond donors (Lipinski definition) is 2. The maximum atomic E-state index is 13.6. The van der Waals surface area contributed by atoms with Crippen molar-refractivity contribution in [3.8, 4) is 0 Å². The molecule has 0 aromatic carbocycles. The summed E-state index contributed by atoms with van der Waals surface area (Å²) in [6.45, 7) is 6.87. The number of ether oxygens (including phenoxy) is 1. The van der Waals surface area contributed by atoms with E-state index in [1.807, 2.05) is 33.3 Å². The number of amides is 1. The molecule has 0 bridgehead atoms. The van der Waals surface area contributed by atoms with E-state index in [2.05, 4.69) is 135 Å². The Morgan fingerprint density at radius 3 is 1.13 bits per heavy atom. The van der Waals surface area contributed by atoms with Gasteiger partial charge in [-0.25, -0.2) is 4.57 Å². The zero-order valence-electron chi connectivity index (χ0n) is 57.2. The summed E-state index contributed by atoms with van der Waals surface area (Å²) in [4.78, 5) is 37.9. The Morgan fingerprint density at radius 2 is 0.736 bits per heavy atom. The van der Waals surface area contributed by atoms with Crippen LogP contribution in [0.15, 0.2) is 122 Å². The van der Waals surface area contributed by atoms with Crippen molar-refractivity contribution >= 4 is 19.7 Å². The van der Waals surface area contributed by atoms with Gasteiger partial charge in [0.1, 0.15) is 19.3 Å². The summed E-state index contributed by atoms with van der Waals surface area (Å²) in [6, 6.07) is -0.869. The number of unbranched alkanes of at least 4 members (excludes halogenated alkanes) is 30. The van der Waals surface area contributed by atoms with Crippen molar-refractivity contribution in [1.82, 2.24) is 5.32 Å². The summed E-state index contributed by atoms with van der Waals surface area (Å²) in [5.74, 6) is -0.531. The molecule has 3 unspecified atom stereocenters. The van der Waals surface area contributed by atoms with Crippen LogP contribution < -0.4 is 5.32 Å². The maximum Gasteiger partial charge on any atom is 0.472 e. The SMILES string of the molecule is CC/C=C\C/C=C\C/C=C\C/C=C\C/C=C\CCCCCCCC(=O)NC(COP(=O)(O)OCC[N+](C)(C)C)C(/C=C\CCCCCCCCCCCCC)OC(=O)CCCCCCCCCCCCC/C=C\C/C=C\C/C=C\C/C=C\CCCCC. The van der Waals surface area contributed by atoms with Crippen LogP contribution in [0.5, 0.6) is 0 Å². The average Bonchev–Trinajstić information content (AvgIpc) is 3.69. The van der Waals surface area contributed by atoms with Crippen LogP contribution in [0.25, 0.3) is 0 Å². The number of hydrogen-bond acceptors (Lipinski definition) is 6. The lowest BCUT2D eigenvalue weighted by Crippen LogP contribution is -2.47. The van der Waals surface area contributed by atoms with Crippen molar-refractivity contribution in [1.29, 1.82) is 0 Å². The van der Waals surface area contributed by atoms with E-state index in [0.29, 0.717) is 17.4 Å². The van der Waals surface area contributed by atoms with Gasteiger partial charge in [0.25, 0.3) is 0 Å². The molecule has 0 fully saturated rings. The van der Waals surface area contributed by atoms with E-state index >= 15 is 0 Å². The minimum absolute atomic E-state index is 0.0299. The molecule has 9 nitrogen and oxygen atoms in total. The van der Waals surface area contributed by atoms with Crippen LogP contribution in [0, 0.1) is 0 Å². The van der Waals surface area contributed by atoms with Gasteiger partial charge in [0.15, 0.2) is 0 Å². The first-order valence-electron chi connectivity index (χ1n) is 35.9. The Hall–Kier alpha value is -3.59. The smallest absolute Gasteiger partial charge is 0.456 e. The number of carbonyl (C=O) groups is 2. The molecule has 0 spiro atoms. The first kappa shape index (κ1) is 83.4. The third-order valence-electron chi connectivity index (χ3n) is 15.4. The van der Waals surface area contributed by atoms with Crippen LogP contribution in [-0.2, 0) is 27.9 Å². The first-order valence-corrected chi connectivity index (χ1v) is 37.4. The number of rotatable bonds is 64. The first-order chi connectivity index (χ1) is 42.4. The molecule has 1 amide bonds. The molecular formula is C77H136N2O7P+. The Kier molecular flexibility index (Phi) is 62.7. The molecule has 0 aliphatic rings. The van der Waals surface area contributed by atoms with Crippen molar-refractivity contribution in [2.24, 2.45) is 0 Å². The number of likely N-dealkylation sites (N-methyl/N-ethyl adjacent to an activating group) is 1. The largest absolute Gasteiger partial charge is 0.472 e. The molecule has 0 radical (unpaired) electrons. The molecule has 0 aliphatic heterocycles. The Bertz CT molecular complexity index is 1900. The minimum Gasteiger partial charge on any atom is -0.456 e. The van der Waals surface area contributed by atoms with Gasteiger partial charge in [-0.1, -0.05) is 290 Å². The number of quaternary nitrogens is 1. The quantitative estimate of drug-likeness (QED) is 0.0205. The Labute approximate surface area is 537 Å². The summed E-state index contributed by atoms with van der Waals surface area (Å²) >= 11 is 0. The lowest BCUT2D eigenvalue weighted by molar-refractivity contribution is -0.870. The maximum absolute atomic E-state index is 13.6. The van der Waals surface area contributed by atoms with E-state index in [-0.39, 0.29) is 31.5 Å². The molecule has 87 heavy (non-hydrogen) atoms. The number of phosphoric acid groups is 1. The van der Waals surface area contributed by atoms with Gasteiger partial charge in [0.2, 0.25) is 5.91 Å². The van der Waals surface area contributed by atoms with Crippen LogP contribution in [-0.4, -0.2) is 74.3 Å². The Morgan fingerprint density at radius 1 is 0.414 bits per heavy atom. The molecule has 0 aromatic heterocycles. The van der Waals surface area contributed by atoms with E-state index < -0.39 is 20.0 Å². The molecule has 0 rings (SSSR count). The minimum atomic E-state index is -4.47. The number of esters is 1. The van der Waals surface area contributed by atoms with Crippen LogP contribution >= 0.6 is 7.82 Å². The number of phosphoric ester groups is 1. The zero-order chi connectivity index (χ0) is 63.5. The highest BCUT2D eigenvalue weighted by atomic mass is 31.2. The summed E-state index contributed by atoms with van der Waals surface area (Å²) < 4.78 is 30.8. The van der Waals surface area contributed by atoms with Crippen LogP contribution in [0.3, 0.4) is 0 Å². The van der Waals surface area contributed by atoms with Gasteiger partial charge in [0, 0.05) is 12.8 Å². The predicted molar refractivity (Wildman–Crippen MR) is 378 cm³/mol. The third kappa shape index (κ3) is 66.7. The van der Waals surface area contributed by atoms with Gasteiger partial charge in [-0.15, -0.1) is 0 Å². The number of nitrogens with one attached hydrogen (secondary N) is 1.